The number of allylic oxidation sites excluding steroid dienone is 2. The van der Waals surface area contributed by atoms with Crippen molar-refractivity contribution in [3.63, 3.8) is 0 Å². The summed E-state index contributed by atoms with van der Waals surface area (Å²) in [5.41, 5.74) is 0.928. The van der Waals surface area contributed by atoms with Gasteiger partial charge < -0.3 is 0 Å². The highest BCUT2D eigenvalue weighted by Crippen LogP contribution is 2.69. The van der Waals surface area contributed by atoms with E-state index in [0.29, 0.717) is 6.54 Å². The van der Waals surface area contributed by atoms with Crippen molar-refractivity contribution in [3.05, 3.63) is 22.9 Å². The first kappa shape index (κ1) is 14.5. The van der Waals surface area contributed by atoms with Gasteiger partial charge in [0, 0.05) is 35.2 Å². The van der Waals surface area contributed by atoms with Crippen molar-refractivity contribution in [1.29, 1.82) is 0 Å². The number of hydrogen-bond acceptors (Lipinski definition) is 1. The van der Waals surface area contributed by atoms with Gasteiger partial charge in [0.15, 0.2) is 0 Å². The van der Waals surface area contributed by atoms with Crippen molar-refractivity contribution < 1.29 is 4.39 Å². The summed E-state index contributed by atoms with van der Waals surface area (Å²) >= 11 is 2.08. The molecule has 0 saturated carbocycles. The largest absolute Gasteiger partial charge is 0.257 e. The molecule has 0 amide bonds. The van der Waals surface area contributed by atoms with Crippen molar-refractivity contribution in [3.8, 4) is 0 Å². The molecular weight excluding hydrogens is 336 g/mol. The van der Waals surface area contributed by atoms with Crippen LogP contribution in [0.15, 0.2) is 22.9 Å². The second-order valence-electron chi connectivity index (χ2n) is 4.11. The molecule has 0 aromatic heterocycles. The summed E-state index contributed by atoms with van der Waals surface area (Å²) < 4.78 is 15.8. The van der Waals surface area contributed by atoms with Crippen LogP contribution in [0.4, 0.5) is 4.39 Å². The van der Waals surface area contributed by atoms with Gasteiger partial charge in [-0.2, -0.15) is 0 Å². The lowest BCUT2D eigenvalue weighted by molar-refractivity contribution is 0.705. The van der Waals surface area contributed by atoms with Crippen molar-refractivity contribution in [2.75, 3.05) is 23.8 Å². The van der Waals surface area contributed by atoms with Crippen LogP contribution >= 0.6 is 32.9 Å². The van der Waals surface area contributed by atoms with Gasteiger partial charge >= 0.3 is 0 Å². The molecule has 16 heavy (non-hydrogen) atoms. The molecule has 0 spiro atoms. The van der Waals surface area contributed by atoms with Gasteiger partial charge in [-0.15, -0.1) is 0 Å². The Hall–Kier alpha value is 0.450. The number of halogens is 2. The Morgan fingerprint density at radius 2 is 2.12 bits per heavy atom. The molecule has 1 saturated heterocycles. The molecular formula is C12H21FINS. The Morgan fingerprint density at radius 1 is 1.44 bits per heavy atom. The quantitative estimate of drug-likeness (QED) is 0.407. The number of hydrogen-bond donors (Lipinski definition) is 1. The van der Waals surface area contributed by atoms with Crippen molar-refractivity contribution in [2.24, 2.45) is 0 Å². The summed E-state index contributed by atoms with van der Waals surface area (Å²) in [7, 11) is -0.609. The van der Waals surface area contributed by atoms with Crippen LogP contribution < -0.4 is 3.53 Å². The predicted octanol–water partition coefficient (Wildman–Crippen LogP) is 4.30. The normalized spacial score (nSPS) is 22.0. The van der Waals surface area contributed by atoms with Gasteiger partial charge in [-0.1, -0.05) is 19.9 Å². The molecule has 1 heterocycles. The van der Waals surface area contributed by atoms with E-state index in [9.17, 15) is 4.39 Å². The molecule has 0 aliphatic carbocycles. The molecule has 4 heteroatoms. The smallest absolute Gasteiger partial charge is 0.0879 e. The van der Waals surface area contributed by atoms with Crippen LogP contribution in [0, 0.1) is 0 Å². The summed E-state index contributed by atoms with van der Waals surface area (Å²) in [5, 5.41) is 0. The summed E-state index contributed by atoms with van der Waals surface area (Å²) in [6.45, 7) is 5.09. The zero-order valence-electron chi connectivity index (χ0n) is 10.1. The van der Waals surface area contributed by atoms with Crippen LogP contribution in [0.25, 0.3) is 0 Å². The van der Waals surface area contributed by atoms with Crippen LogP contribution in [0.3, 0.4) is 0 Å². The lowest BCUT2D eigenvalue weighted by Gasteiger charge is -2.25. The molecule has 1 aliphatic rings. The van der Waals surface area contributed by atoms with Gasteiger partial charge in [-0.25, -0.2) is 14.4 Å². The van der Waals surface area contributed by atoms with Gasteiger partial charge in [0.2, 0.25) is 0 Å². The first-order valence-electron chi connectivity index (χ1n) is 5.79. The zero-order valence-corrected chi connectivity index (χ0v) is 13.0. The van der Waals surface area contributed by atoms with Gasteiger partial charge in [-0.3, -0.25) is 3.53 Å². The second kappa shape index (κ2) is 7.01. The fourth-order valence-electron chi connectivity index (χ4n) is 2.02. The average Bonchev–Trinajstić information content (AvgIpc) is 3.06. The molecule has 1 aliphatic heterocycles. The highest BCUT2D eigenvalue weighted by Gasteiger charge is 2.39. The van der Waals surface area contributed by atoms with E-state index in [1.54, 1.807) is 4.91 Å². The topological polar surface area (TPSA) is 12.0 Å². The third-order valence-corrected chi connectivity index (χ3v) is 7.21. The van der Waals surface area contributed by atoms with E-state index in [2.05, 4.69) is 46.3 Å². The maximum absolute atomic E-state index is 12.7. The summed E-state index contributed by atoms with van der Waals surface area (Å²) in [6.07, 6.45) is 5.42. The Balaban J connectivity index is 2.67. The van der Waals surface area contributed by atoms with E-state index in [-0.39, 0.29) is 0 Å². The van der Waals surface area contributed by atoms with Gasteiger partial charge in [0.05, 0.1) is 6.33 Å². The third kappa shape index (κ3) is 3.74. The molecule has 0 atom stereocenters. The lowest BCUT2D eigenvalue weighted by atomic mass is 10.3. The van der Waals surface area contributed by atoms with Crippen LogP contribution in [0.1, 0.15) is 26.7 Å². The number of rotatable bonds is 7. The molecule has 0 aromatic carbocycles. The molecule has 0 unspecified atom stereocenters. The molecule has 0 radical (unpaired) electrons. The minimum Gasteiger partial charge on any atom is -0.257 e. The molecule has 1 nitrogen and oxygen atoms in total. The Morgan fingerprint density at radius 3 is 2.50 bits per heavy atom. The standard InChI is InChI=1S/C12H21FINS/c1-3-5-12(4-2)16(6-7-16)10-11(8-13)9-15-14/h5,8,15H,3-4,6-7,9-10H2,1-2H3/b11-8+,12-5+. The second-order valence-corrected chi connectivity index (χ2v) is 8.59. The lowest BCUT2D eigenvalue weighted by Crippen LogP contribution is -2.09. The predicted molar refractivity (Wildman–Crippen MR) is 82.1 cm³/mol. The zero-order chi connectivity index (χ0) is 12.0. The van der Waals surface area contributed by atoms with E-state index in [4.69, 9.17) is 0 Å². The molecule has 0 aromatic rings. The van der Waals surface area contributed by atoms with Crippen molar-refractivity contribution >= 4 is 32.9 Å². The molecule has 1 rings (SSSR count). The molecule has 1 N–H and O–H groups in total. The highest BCUT2D eigenvalue weighted by atomic mass is 127. The maximum atomic E-state index is 12.7. The van der Waals surface area contributed by atoms with Crippen LogP contribution in [0.2, 0.25) is 0 Å². The Bertz CT molecular complexity index is 285. The Kier molecular flexibility index (Phi) is 6.36. The number of nitrogens with one attached hydrogen (secondary N) is 1. The van der Waals surface area contributed by atoms with Crippen molar-refractivity contribution in [1.82, 2.24) is 3.53 Å². The maximum Gasteiger partial charge on any atom is 0.0879 e. The average molecular weight is 357 g/mol. The van der Waals surface area contributed by atoms with Crippen LogP contribution in [-0.2, 0) is 0 Å². The van der Waals surface area contributed by atoms with E-state index in [0.717, 1.165) is 30.5 Å². The highest BCUT2D eigenvalue weighted by molar-refractivity contribution is 14.1. The summed E-state index contributed by atoms with van der Waals surface area (Å²) in [5.74, 6) is 3.59. The van der Waals surface area contributed by atoms with Crippen molar-refractivity contribution in [2.45, 2.75) is 26.7 Å². The summed E-state index contributed by atoms with van der Waals surface area (Å²) in [4.78, 5) is 1.61. The minimum absolute atomic E-state index is 0.609. The van der Waals surface area contributed by atoms with E-state index >= 15 is 0 Å². The van der Waals surface area contributed by atoms with E-state index in [1.807, 2.05) is 0 Å². The SMILES string of the molecule is CC/C=C(\CC)S1(C/C(=C/F)CNI)CC1. The van der Waals surface area contributed by atoms with E-state index in [1.165, 1.54) is 11.5 Å². The third-order valence-electron chi connectivity index (χ3n) is 2.94. The monoisotopic (exact) mass is 357 g/mol. The Labute approximate surface area is 114 Å². The van der Waals surface area contributed by atoms with Crippen LogP contribution in [-0.4, -0.2) is 23.8 Å². The fraction of sp³-hybridized carbons (Fsp3) is 0.667. The molecule has 1 fully saturated rings. The van der Waals surface area contributed by atoms with Crippen LogP contribution in [0.5, 0.6) is 0 Å². The first-order valence-corrected chi connectivity index (χ1v) is 9.01. The first-order chi connectivity index (χ1) is 7.72. The van der Waals surface area contributed by atoms with E-state index < -0.39 is 10.0 Å². The van der Waals surface area contributed by atoms with Gasteiger partial charge in [0.25, 0.3) is 0 Å². The summed E-state index contributed by atoms with van der Waals surface area (Å²) in [6, 6.07) is 0. The fourth-order valence-corrected chi connectivity index (χ4v) is 6.32. The van der Waals surface area contributed by atoms with Gasteiger partial charge in [0.1, 0.15) is 0 Å². The molecule has 94 valence electrons. The van der Waals surface area contributed by atoms with Gasteiger partial charge in [-0.05, 0) is 34.8 Å². The molecule has 0 bridgehead atoms. The minimum atomic E-state index is -0.609.